The first-order chi connectivity index (χ1) is 9.82. The fourth-order valence-corrected chi connectivity index (χ4v) is 2.68. The van der Waals surface area contributed by atoms with E-state index in [0.717, 1.165) is 18.7 Å². The summed E-state index contributed by atoms with van der Waals surface area (Å²) in [6, 6.07) is 2.18. The fourth-order valence-electron chi connectivity index (χ4n) is 2.68. The van der Waals surface area contributed by atoms with E-state index < -0.39 is 0 Å². The number of aromatic nitrogens is 2. The summed E-state index contributed by atoms with van der Waals surface area (Å²) in [7, 11) is 0. The molecule has 5 heteroatoms. The van der Waals surface area contributed by atoms with Gasteiger partial charge in [-0.15, -0.1) is 0 Å². The molecule has 0 saturated heterocycles. The van der Waals surface area contributed by atoms with Crippen molar-refractivity contribution in [1.29, 1.82) is 0 Å². The zero-order chi connectivity index (χ0) is 15.6. The molecular weight excluding hydrogens is 266 g/mol. The Hall–Kier alpha value is -1.36. The molecular formula is C16H27N3O2. The van der Waals surface area contributed by atoms with E-state index in [-0.39, 0.29) is 11.5 Å². The van der Waals surface area contributed by atoms with Crippen LogP contribution in [0.25, 0.3) is 0 Å². The van der Waals surface area contributed by atoms with E-state index in [2.05, 4.69) is 29.1 Å². The lowest BCUT2D eigenvalue weighted by Gasteiger charge is -2.51. The first-order valence-electron chi connectivity index (χ1n) is 7.73. The number of aryl methyl sites for hydroxylation is 1. The zero-order valence-corrected chi connectivity index (χ0v) is 13.9. The van der Waals surface area contributed by atoms with Crippen molar-refractivity contribution in [3.8, 4) is 5.88 Å². The highest BCUT2D eigenvalue weighted by molar-refractivity contribution is 5.34. The lowest BCUT2D eigenvalue weighted by molar-refractivity contribution is -0.0977. The molecule has 1 saturated carbocycles. The molecule has 1 N–H and O–H groups in total. The number of hydrogen-bond donors (Lipinski definition) is 1. The first kappa shape index (κ1) is 16.0. The summed E-state index contributed by atoms with van der Waals surface area (Å²) in [5.41, 5.74) is 0.990. The maximum Gasteiger partial charge on any atom is 0.226 e. The average molecular weight is 293 g/mol. The predicted molar refractivity (Wildman–Crippen MR) is 83.8 cm³/mol. The van der Waals surface area contributed by atoms with E-state index >= 15 is 0 Å². The Morgan fingerprint density at radius 3 is 2.67 bits per heavy atom. The van der Waals surface area contributed by atoms with Crippen molar-refractivity contribution < 1.29 is 9.47 Å². The van der Waals surface area contributed by atoms with E-state index in [1.165, 1.54) is 0 Å². The summed E-state index contributed by atoms with van der Waals surface area (Å²) >= 11 is 0. The van der Waals surface area contributed by atoms with E-state index in [4.69, 9.17) is 9.47 Å². The van der Waals surface area contributed by atoms with Crippen molar-refractivity contribution in [2.45, 2.75) is 66.2 Å². The first-order valence-corrected chi connectivity index (χ1v) is 7.73. The summed E-state index contributed by atoms with van der Waals surface area (Å²) in [4.78, 5) is 8.90. The molecule has 0 radical (unpaired) electrons. The number of anilines is 1. The van der Waals surface area contributed by atoms with Gasteiger partial charge in [0.25, 0.3) is 0 Å². The Balaban J connectivity index is 2.05. The molecule has 2 rings (SSSR count). The maximum absolute atomic E-state index is 5.76. The second-order valence-corrected chi connectivity index (χ2v) is 6.54. The van der Waals surface area contributed by atoms with Crippen LogP contribution >= 0.6 is 0 Å². The quantitative estimate of drug-likeness (QED) is 0.873. The van der Waals surface area contributed by atoms with Crippen LogP contribution in [0.15, 0.2) is 6.07 Å². The summed E-state index contributed by atoms with van der Waals surface area (Å²) in [5.74, 6) is 1.26. The van der Waals surface area contributed by atoms with Crippen molar-refractivity contribution >= 4 is 5.95 Å². The van der Waals surface area contributed by atoms with Crippen molar-refractivity contribution in [1.82, 2.24) is 9.97 Å². The average Bonchev–Trinajstić information content (AvgIpc) is 2.36. The van der Waals surface area contributed by atoms with Gasteiger partial charge >= 0.3 is 0 Å². The van der Waals surface area contributed by atoms with Gasteiger partial charge in [0.05, 0.1) is 12.2 Å². The van der Waals surface area contributed by atoms with Gasteiger partial charge in [-0.2, -0.15) is 4.98 Å². The van der Waals surface area contributed by atoms with Gasteiger partial charge in [0.2, 0.25) is 11.8 Å². The molecule has 2 unspecified atom stereocenters. The molecule has 0 bridgehead atoms. The molecule has 1 aromatic rings. The van der Waals surface area contributed by atoms with E-state index in [1.807, 2.05) is 33.8 Å². The summed E-state index contributed by atoms with van der Waals surface area (Å²) in [6.07, 6.45) is 1.39. The summed E-state index contributed by atoms with van der Waals surface area (Å²) < 4.78 is 11.4. The van der Waals surface area contributed by atoms with Gasteiger partial charge < -0.3 is 14.8 Å². The van der Waals surface area contributed by atoms with Crippen LogP contribution in [0.2, 0.25) is 0 Å². The van der Waals surface area contributed by atoms with Gasteiger partial charge in [0, 0.05) is 29.8 Å². The second-order valence-electron chi connectivity index (χ2n) is 6.54. The summed E-state index contributed by atoms with van der Waals surface area (Å²) in [6.45, 7) is 13.2. The van der Waals surface area contributed by atoms with Crippen LogP contribution in [-0.2, 0) is 4.74 Å². The van der Waals surface area contributed by atoms with Crippen LogP contribution in [0.1, 0.15) is 46.7 Å². The van der Waals surface area contributed by atoms with Gasteiger partial charge in [0.15, 0.2) is 0 Å². The zero-order valence-electron chi connectivity index (χ0n) is 13.9. The Morgan fingerprint density at radius 2 is 2.10 bits per heavy atom. The van der Waals surface area contributed by atoms with Crippen molar-refractivity contribution in [3.63, 3.8) is 0 Å². The molecule has 0 spiro atoms. The van der Waals surface area contributed by atoms with Gasteiger partial charge in [-0.1, -0.05) is 13.8 Å². The number of rotatable bonds is 6. The molecule has 2 atom stereocenters. The number of hydrogen-bond acceptors (Lipinski definition) is 5. The molecule has 1 aromatic heterocycles. The minimum atomic E-state index is 0.0855. The molecule has 21 heavy (non-hydrogen) atoms. The van der Waals surface area contributed by atoms with E-state index in [1.54, 1.807) is 0 Å². The van der Waals surface area contributed by atoms with Crippen LogP contribution in [0.3, 0.4) is 0 Å². The van der Waals surface area contributed by atoms with Crippen LogP contribution in [-0.4, -0.2) is 34.8 Å². The van der Waals surface area contributed by atoms with Gasteiger partial charge in [-0.25, -0.2) is 4.98 Å². The van der Waals surface area contributed by atoms with E-state index in [0.29, 0.717) is 24.0 Å². The molecule has 5 nitrogen and oxygen atoms in total. The monoisotopic (exact) mass is 293 g/mol. The van der Waals surface area contributed by atoms with Gasteiger partial charge in [-0.05, 0) is 34.1 Å². The fraction of sp³-hybridized carbons (Fsp3) is 0.750. The third-order valence-electron chi connectivity index (χ3n) is 4.04. The van der Waals surface area contributed by atoms with Crippen LogP contribution in [0.5, 0.6) is 5.88 Å². The lowest BCUT2D eigenvalue weighted by Crippen LogP contribution is -2.58. The molecule has 118 valence electrons. The van der Waals surface area contributed by atoms with Crippen molar-refractivity contribution in [3.05, 3.63) is 11.8 Å². The van der Waals surface area contributed by atoms with Crippen LogP contribution in [0, 0.1) is 12.3 Å². The Morgan fingerprint density at radius 1 is 1.38 bits per heavy atom. The van der Waals surface area contributed by atoms with Crippen molar-refractivity contribution in [2.75, 3.05) is 11.9 Å². The lowest BCUT2D eigenvalue weighted by atomic mass is 9.64. The SMILES string of the molecule is CCOC1CC(Nc2nc(C)cc(OC(C)C)n2)C1(C)C. The molecule has 1 fully saturated rings. The number of nitrogens with one attached hydrogen (secondary N) is 1. The summed E-state index contributed by atoms with van der Waals surface area (Å²) in [5, 5.41) is 3.43. The number of ether oxygens (including phenoxy) is 2. The molecule has 0 amide bonds. The van der Waals surface area contributed by atoms with E-state index in [9.17, 15) is 0 Å². The van der Waals surface area contributed by atoms with Crippen LogP contribution in [0.4, 0.5) is 5.95 Å². The normalized spacial score (nSPS) is 23.8. The molecule has 0 aliphatic heterocycles. The highest BCUT2D eigenvalue weighted by Gasteiger charge is 2.49. The third kappa shape index (κ3) is 3.64. The molecule has 1 aliphatic rings. The standard InChI is InChI=1S/C16H27N3O2/c1-7-20-13-9-12(16(13,5)6)18-15-17-11(4)8-14(19-15)21-10(2)3/h8,10,12-13H,7,9H2,1-6H3,(H,17,18,19). The molecule has 1 heterocycles. The smallest absolute Gasteiger partial charge is 0.226 e. The topological polar surface area (TPSA) is 56.3 Å². The van der Waals surface area contributed by atoms with Crippen LogP contribution < -0.4 is 10.1 Å². The van der Waals surface area contributed by atoms with Gasteiger partial charge in [-0.3, -0.25) is 0 Å². The largest absolute Gasteiger partial charge is 0.475 e. The highest BCUT2D eigenvalue weighted by atomic mass is 16.5. The molecule has 0 aromatic carbocycles. The number of nitrogens with zero attached hydrogens (tertiary/aromatic N) is 2. The highest BCUT2D eigenvalue weighted by Crippen LogP contribution is 2.44. The Kier molecular flexibility index (Phi) is 4.71. The maximum atomic E-state index is 5.76. The second kappa shape index (κ2) is 6.18. The predicted octanol–water partition coefficient (Wildman–Crippen LogP) is 3.19. The van der Waals surface area contributed by atoms with Gasteiger partial charge in [0.1, 0.15) is 0 Å². The Labute approximate surface area is 127 Å². The third-order valence-corrected chi connectivity index (χ3v) is 4.04. The molecule has 1 aliphatic carbocycles. The Bertz CT molecular complexity index is 488. The minimum absolute atomic E-state index is 0.0855. The minimum Gasteiger partial charge on any atom is -0.475 e. The van der Waals surface area contributed by atoms with Crippen molar-refractivity contribution in [2.24, 2.45) is 5.41 Å².